The van der Waals surface area contributed by atoms with Crippen molar-refractivity contribution in [2.24, 2.45) is 0 Å². The van der Waals surface area contributed by atoms with Gasteiger partial charge in [0.05, 0.1) is 17.7 Å². The zero-order valence-electron chi connectivity index (χ0n) is 12.5. The first-order valence-electron chi connectivity index (χ1n) is 7.21. The SMILES string of the molecule is O=C1c2ccccc2C(=O)N1CCOC(=S)Nc1ccc(F)cc1. The average Bonchev–Trinajstić information content (AvgIpc) is 2.82. The van der Waals surface area contributed by atoms with E-state index in [0.29, 0.717) is 16.8 Å². The Kier molecular flexibility index (Phi) is 4.52. The molecule has 2 amide bonds. The van der Waals surface area contributed by atoms with E-state index in [9.17, 15) is 14.0 Å². The first kappa shape index (κ1) is 16.1. The van der Waals surface area contributed by atoms with E-state index >= 15 is 0 Å². The second-order valence-corrected chi connectivity index (χ2v) is 5.45. The summed E-state index contributed by atoms with van der Waals surface area (Å²) < 4.78 is 18.1. The number of hydrogen-bond donors (Lipinski definition) is 1. The molecule has 0 aliphatic carbocycles. The van der Waals surface area contributed by atoms with Gasteiger partial charge in [-0.3, -0.25) is 14.5 Å². The molecule has 0 saturated heterocycles. The molecule has 1 heterocycles. The van der Waals surface area contributed by atoms with Crippen molar-refractivity contribution in [2.45, 2.75) is 0 Å². The third-order valence-electron chi connectivity index (χ3n) is 3.52. The van der Waals surface area contributed by atoms with Crippen LogP contribution in [0.5, 0.6) is 0 Å². The largest absolute Gasteiger partial charge is 0.469 e. The minimum atomic E-state index is -0.349. The number of carbonyl (C=O) groups is 2. The van der Waals surface area contributed by atoms with Crippen LogP contribution in [0.25, 0.3) is 0 Å². The highest BCUT2D eigenvalue weighted by Crippen LogP contribution is 2.21. The molecule has 3 rings (SSSR count). The number of anilines is 1. The molecule has 0 bridgehead atoms. The maximum absolute atomic E-state index is 12.8. The normalized spacial score (nSPS) is 13.0. The molecule has 24 heavy (non-hydrogen) atoms. The van der Waals surface area contributed by atoms with Gasteiger partial charge in [0.15, 0.2) is 0 Å². The Hall–Kier alpha value is -2.80. The van der Waals surface area contributed by atoms with Crippen molar-refractivity contribution >= 4 is 34.9 Å². The number of benzene rings is 2. The highest BCUT2D eigenvalue weighted by molar-refractivity contribution is 7.80. The number of thiocarbonyl (C=S) groups is 1. The van der Waals surface area contributed by atoms with Gasteiger partial charge < -0.3 is 10.1 Å². The summed E-state index contributed by atoms with van der Waals surface area (Å²) in [6.45, 7) is 0.163. The summed E-state index contributed by atoms with van der Waals surface area (Å²) in [5.41, 5.74) is 1.38. The number of amides is 2. The molecule has 0 radical (unpaired) electrons. The van der Waals surface area contributed by atoms with E-state index in [4.69, 9.17) is 17.0 Å². The molecule has 0 fully saturated rings. The number of nitrogens with zero attached hydrogens (tertiary/aromatic N) is 1. The summed E-state index contributed by atoms with van der Waals surface area (Å²) in [6.07, 6.45) is 0. The lowest BCUT2D eigenvalue weighted by Crippen LogP contribution is -2.33. The van der Waals surface area contributed by atoms with Crippen molar-refractivity contribution in [3.8, 4) is 0 Å². The molecule has 1 aliphatic rings. The van der Waals surface area contributed by atoms with E-state index < -0.39 is 0 Å². The molecule has 0 unspecified atom stereocenters. The molecule has 2 aromatic carbocycles. The van der Waals surface area contributed by atoms with E-state index in [-0.39, 0.29) is 36.0 Å². The number of nitrogens with one attached hydrogen (secondary N) is 1. The standard InChI is InChI=1S/C17H13FN2O3S/c18-11-5-7-12(8-6-11)19-17(24)23-10-9-20-15(21)13-3-1-2-4-14(13)16(20)22/h1-8H,9-10H2,(H,19,24). The van der Waals surface area contributed by atoms with E-state index in [2.05, 4.69) is 5.32 Å². The molecule has 1 aliphatic heterocycles. The van der Waals surface area contributed by atoms with Gasteiger partial charge in [-0.2, -0.15) is 0 Å². The predicted octanol–water partition coefficient (Wildman–Crippen LogP) is 2.84. The molecule has 0 saturated carbocycles. The lowest BCUT2D eigenvalue weighted by Gasteiger charge is -2.15. The molecular formula is C17H13FN2O3S. The van der Waals surface area contributed by atoms with Crippen LogP contribution in [-0.2, 0) is 4.74 Å². The quantitative estimate of drug-likeness (QED) is 0.683. The van der Waals surface area contributed by atoms with Crippen molar-refractivity contribution in [1.82, 2.24) is 4.90 Å². The fraction of sp³-hybridized carbons (Fsp3) is 0.118. The minimum Gasteiger partial charge on any atom is -0.469 e. The van der Waals surface area contributed by atoms with Gasteiger partial charge in [0, 0.05) is 5.69 Å². The van der Waals surface area contributed by atoms with Gasteiger partial charge in [0.25, 0.3) is 17.0 Å². The predicted molar refractivity (Wildman–Crippen MR) is 90.4 cm³/mol. The molecule has 0 spiro atoms. The zero-order valence-corrected chi connectivity index (χ0v) is 13.3. The molecule has 0 atom stereocenters. The molecule has 0 aromatic heterocycles. The second kappa shape index (κ2) is 6.76. The van der Waals surface area contributed by atoms with Gasteiger partial charge in [-0.05, 0) is 48.6 Å². The third-order valence-corrected chi connectivity index (χ3v) is 3.74. The van der Waals surface area contributed by atoms with Gasteiger partial charge in [-0.1, -0.05) is 12.1 Å². The number of halogens is 1. The molecular weight excluding hydrogens is 331 g/mol. The Morgan fingerprint density at radius 3 is 2.21 bits per heavy atom. The van der Waals surface area contributed by atoms with Gasteiger partial charge in [0.1, 0.15) is 12.4 Å². The van der Waals surface area contributed by atoms with Crippen molar-refractivity contribution in [3.05, 3.63) is 65.5 Å². The summed E-state index contributed by atoms with van der Waals surface area (Å²) in [5, 5.41) is 2.87. The highest BCUT2D eigenvalue weighted by atomic mass is 32.1. The first-order chi connectivity index (χ1) is 11.6. The van der Waals surface area contributed by atoms with Crippen molar-refractivity contribution in [3.63, 3.8) is 0 Å². The van der Waals surface area contributed by atoms with E-state index in [1.54, 1.807) is 24.3 Å². The lowest BCUT2D eigenvalue weighted by molar-refractivity contribution is 0.0629. The van der Waals surface area contributed by atoms with Crippen LogP contribution >= 0.6 is 12.2 Å². The molecule has 122 valence electrons. The summed E-state index contributed by atoms with van der Waals surface area (Å²) in [5.74, 6) is -1.02. The van der Waals surface area contributed by atoms with Crippen LogP contribution in [0.15, 0.2) is 48.5 Å². The van der Waals surface area contributed by atoms with Crippen LogP contribution in [0.3, 0.4) is 0 Å². The summed E-state index contributed by atoms with van der Waals surface area (Å²) >= 11 is 5.02. The van der Waals surface area contributed by atoms with E-state index in [1.165, 1.54) is 24.3 Å². The van der Waals surface area contributed by atoms with Crippen LogP contribution < -0.4 is 5.32 Å². The highest BCUT2D eigenvalue weighted by Gasteiger charge is 2.34. The Morgan fingerprint density at radius 1 is 1.04 bits per heavy atom. The van der Waals surface area contributed by atoms with Crippen LogP contribution in [0, 0.1) is 5.82 Å². The van der Waals surface area contributed by atoms with Gasteiger partial charge in [0.2, 0.25) is 0 Å². The van der Waals surface area contributed by atoms with Gasteiger partial charge in [-0.15, -0.1) is 0 Å². The third kappa shape index (κ3) is 3.26. The topological polar surface area (TPSA) is 58.6 Å². The van der Waals surface area contributed by atoms with Gasteiger partial charge in [-0.25, -0.2) is 4.39 Å². The molecule has 7 heteroatoms. The number of rotatable bonds is 4. The Labute approximate surface area is 143 Å². The zero-order chi connectivity index (χ0) is 17.1. The van der Waals surface area contributed by atoms with Crippen molar-refractivity contribution in [2.75, 3.05) is 18.5 Å². The minimum absolute atomic E-state index is 0.0680. The summed E-state index contributed by atoms with van der Waals surface area (Å²) in [4.78, 5) is 25.5. The summed E-state index contributed by atoms with van der Waals surface area (Å²) in [7, 11) is 0. The van der Waals surface area contributed by atoms with E-state index in [1.807, 2.05) is 0 Å². The monoisotopic (exact) mass is 344 g/mol. The number of carbonyl (C=O) groups excluding carboxylic acids is 2. The van der Waals surface area contributed by atoms with Crippen LogP contribution in [0.1, 0.15) is 20.7 Å². The fourth-order valence-corrected chi connectivity index (χ4v) is 2.56. The maximum Gasteiger partial charge on any atom is 0.261 e. The van der Waals surface area contributed by atoms with Crippen molar-refractivity contribution in [1.29, 1.82) is 0 Å². The first-order valence-corrected chi connectivity index (χ1v) is 7.61. The Bertz CT molecular complexity index is 773. The smallest absolute Gasteiger partial charge is 0.261 e. The van der Waals surface area contributed by atoms with Crippen LogP contribution in [0.4, 0.5) is 10.1 Å². The lowest BCUT2D eigenvalue weighted by atomic mass is 10.1. The van der Waals surface area contributed by atoms with Crippen LogP contribution in [0.2, 0.25) is 0 Å². The molecule has 1 N–H and O–H groups in total. The number of imide groups is 1. The summed E-state index contributed by atoms with van der Waals surface area (Å²) in [6, 6.07) is 12.3. The number of hydrogen-bond acceptors (Lipinski definition) is 4. The van der Waals surface area contributed by atoms with Crippen LogP contribution in [-0.4, -0.2) is 35.0 Å². The molecule has 2 aromatic rings. The number of fused-ring (bicyclic) bond motifs is 1. The van der Waals surface area contributed by atoms with Crippen molar-refractivity contribution < 1.29 is 18.7 Å². The van der Waals surface area contributed by atoms with Gasteiger partial charge >= 0.3 is 0 Å². The second-order valence-electron chi connectivity index (χ2n) is 5.08. The fourth-order valence-electron chi connectivity index (χ4n) is 2.36. The Morgan fingerprint density at radius 2 is 1.62 bits per heavy atom. The average molecular weight is 344 g/mol. The number of ether oxygens (including phenoxy) is 1. The Balaban J connectivity index is 1.52. The maximum atomic E-state index is 12.8. The van der Waals surface area contributed by atoms with E-state index in [0.717, 1.165) is 4.90 Å². The molecule has 5 nitrogen and oxygen atoms in total.